The van der Waals surface area contributed by atoms with Crippen molar-refractivity contribution >= 4 is 11.9 Å². The maximum atomic E-state index is 12.3. The van der Waals surface area contributed by atoms with Crippen LogP contribution in [-0.4, -0.2) is 35.0 Å². The van der Waals surface area contributed by atoms with E-state index in [4.69, 9.17) is 5.11 Å². The van der Waals surface area contributed by atoms with Gasteiger partial charge in [-0.3, -0.25) is 4.79 Å². The fourth-order valence-corrected chi connectivity index (χ4v) is 2.97. The van der Waals surface area contributed by atoms with Gasteiger partial charge in [-0.1, -0.05) is 31.5 Å². The lowest BCUT2D eigenvalue weighted by Gasteiger charge is -2.32. The summed E-state index contributed by atoms with van der Waals surface area (Å²) in [5, 5.41) is 9.15. The summed E-state index contributed by atoms with van der Waals surface area (Å²) in [6, 6.07) is 6.92. The van der Waals surface area contributed by atoms with E-state index in [0.717, 1.165) is 31.5 Å². The fraction of sp³-hybridized carbons (Fsp3) is 0.529. The predicted molar refractivity (Wildman–Crippen MR) is 81.3 cm³/mol. The normalized spacial score (nSPS) is 18.5. The molecule has 1 heterocycles. The molecule has 4 heteroatoms. The van der Waals surface area contributed by atoms with Crippen LogP contribution in [0, 0.1) is 5.92 Å². The number of carbonyl (C=O) groups is 2. The number of likely N-dealkylation sites (tertiary alicyclic amines) is 1. The van der Waals surface area contributed by atoms with Crippen molar-refractivity contribution in [2.75, 3.05) is 13.1 Å². The second kappa shape index (κ2) is 7.25. The highest BCUT2D eigenvalue weighted by Gasteiger charge is 2.22. The molecule has 114 valence electrons. The second-order valence-electron chi connectivity index (χ2n) is 5.72. The topological polar surface area (TPSA) is 57.6 Å². The quantitative estimate of drug-likeness (QED) is 0.906. The van der Waals surface area contributed by atoms with Gasteiger partial charge in [-0.25, -0.2) is 4.79 Å². The van der Waals surface area contributed by atoms with Crippen LogP contribution in [0.3, 0.4) is 0 Å². The number of benzene rings is 1. The van der Waals surface area contributed by atoms with Crippen molar-refractivity contribution in [3.05, 3.63) is 35.4 Å². The summed E-state index contributed by atoms with van der Waals surface area (Å²) < 4.78 is 0. The molecule has 0 radical (unpaired) electrons. The van der Waals surface area contributed by atoms with E-state index in [1.807, 2.05) is 11.0 Å². The molecular weight excluding hydrogens is 266 g/mol. The Labute approximate surface area is 125 Å². The molecule has 0 saturated carbocycles. The van der Waals surface area contributed by atoms with Gasteiger partial charge in [0.2, 0.25) is 5.91 Å². The Morgan fingerprint density at radius 2 is 2.10 bits per heavy atom. The Balaban J connectivity index is 1.94. The van der Waals surface area contributed by atoms with E-state index in [1.165, 1.54) is 6.42 Å². The van der Waals surface area contributed by atoms with Crippen molar-refractivity contribution in [1.29, 1.82) is 0 Å². The minimum absolute atomic E-state index is 0.147. The molecule has 1 N–H and O–H groups in total. The van der Waals surface area contributed by atoms with E-state index in [-0.39, 0.29) is 5.91 Å². The first kappa shape index (κ1) is 15.5. The summed E-state index contributed by atoms with van der Waals surface area (Å²) in [5.74, 6) is -0.163. The van der Waals surface area contributed by atoms with Crippen LogP contribution in [-0.2, 0) is 11.2 Å². The van der Waals surface area contributed by atoms with Gasteiger partial charge in [0.15, 0.2) is 0 Å². The van der Waals surface area contributed by atoms with Crippen molar-refractivity contribution in [1.82, 2.24) is 4.90 Å². The predicted octanol–water partition coefficient (Wildman–Crippen LogP) is 2.97. The van der Waals surface area contributed by atoms with Gasteiger partial charge in [0.25, 0.3) is 0 Å². The van der Waals surface area contributed by atoms with Crippen LogP contribution < -0.4 is 0 Å². The van der Waals surface area contributed by atoms with Crippen LogP contribution in [0.5, 0.6) is 0 Å². The van der Waals surface area contributed by atoms with Crippen LogP contribution in [0.1, 0.15) is 48.5 Å². The average molecular weight is 289 g/mol. The van der Waals surface area contributed by atoms with Gasteiger partial charge in [0, 0.05) is 19.5 Å². The van der Waals surface area contributed by atoms with Crippen molar-refractivity contribution in [2.45, 2.75) is 39.0 Å². The molecule has 0 bridgehead atoms. The first-order valence-corrected chi connectivity index (χ1v) is 7.70. The van der Waals surface area contributed by atoms with Crippen LogP contribution in [0.15, 0.2) is 24.3 Å². The third-order valence-electron chi connectivity index (χ3n) is 4.31. The van der Waals surface area contributed by atoms with Crippen molar-refractivity contribution < 1.29 is 14.7 Å². The average Bonchev–Trinajstić information content (AvgIpc) is 2.52. The highest BCUT2D eigenvalue weighted by molar-refractivity contribution is 5.89. The maximum absolute atomic E-state index is 12.3. The largest absolute Gasteiger partial charge is 0.478 e. The lowest BCUT2D eigenvalue weighted by molar-refractivity contribution is -0.133. The molecule has 1 aromatic carbocycles. The first-order chi connectivity index (χ1) is 10.1. The molecule has 1 aromatic rings. The molecule has 0 aromatic heterocycles. The van der Waals surface area contributed by atoms with E-state index >= 15 is 0 Å². The number of carbonyl (C=O) groups excluding carboxylic acids is 1. The summed E-state index contributed by atoms with van der Waals surface area (Å²) in [6.45, 7) is 3.87. The smallest absolute Gasteiger partial charge is 0.335 e. The molecule has 21 heavy (non-hydrogen) atoms. The Bertz CT molecular complexity index is 513. The number of hydrogen-bond acceptors (Lipinski definition) is 2. The highest BCUT2D eigenvalue weighted by atomic mass is 16.4. The van der Waals surface area contributed by atoms with Gasteiger partial charge in [-0.2, -0.15) is 0 Å². The number of piperidine rings is 1. The first-order valence-electron chi connectivity index (χ1n) is 7.70. The van der Waals surface area contributed by atoms with E-state index < -0.39 is 5.97 Å². The minimum atomic E-state index is -0.929. The minimum Gasteiger partial charge on any atom is -0.478 e. The zero-order valence-corrected chi connectivity index (χ0v) is 12.5. The zero-order valence-electron chi connectivity index (χ0n) is 12.5. The van der Waals surface area contributed by atoms with E-state index in [2.05, 4.69) is 6.92 Å². The Morgan fingerprint density at radius 3 is 2.81 bits per heavy atom. The lowest BCUT2D eigenvalue weighted by Crippen LogP contribution is -2.39. The standard InChI is InChI=1S/C17H23NO3/c1-2-13-6-5-11-18(12-13)16(19)10-9-14-7-3-4-8-15(14)17(20)21/h3-4,7-8,13H,2,5-6,9-12H2,1H3,(H,20,21). The SMILES string of the molecule is CCC1CCCN(C(=O)CCc2ccccc2C(=O)O)C1. The van der Waals surface area contributed by atoms with E-state index in [0.29, 0.717) is 24.3 Å². The van der Waals surface area contributed by atoms with Gasteiger partial charge >= 0.3 is 5.97 Å². The highest BCUT2D eigenvalue weighted by Crippen LogP contribution is 2.20. The molecular formula is C17H23NO3. The van der Waals surface area contributed by atoms with Crippen molar-refractivity contribution in [3.63, 3.8) is 0 Å². The lowest BCUT2D eigenvalue weighted by atomic mass is 9.95. The molecule has 1 saturated heterocycles. The van der Waals surface area contributed by atoms with E-state index in [1.54, 1.807) is 18.2 Å². The summed E-state index contributed by atoms with van der Waals surface area (Å²) in [5.41, 5.74) is 1.04. The molecule has 1 atom stereocenters. The molecule has 1 aliphatic rings. The number of rotatable bonds is 5. The molecule has 4 nitrogen and oxygen atoms in total. The summed E-state index contributed by atoms with van der Waals surface area (Å²) in [6.07, 6.45) is 4.29. The van der Waals surface area contributed by atoms with Crippen molar-refractivity contribution in [3.8, 4) is 0 Å². The second-order valence-corrected chi connectivity index (χ2v) is 5.72. The zero-order chi connectivity index (χ0) is 15.2. The Kier molecular flexibility index (Phi) is 5.37. The monoisotopic (exact) mass is 289 g/mol. The molecule has 1 unspecified atom stereocenters. The molecule has 0 spiro atoms. The molecule has 1 amide bonds. The number of hydrogen-bond donors (Lipinski definition) is 1. The Hall–Kier alpha value is -1.84. The van der Waals surface area contributed by atoms with Gasteiger partial charge in [-0.15, -0.1) is 0 Å². The Morgan fingerprint density at radius 1 is 1.33 bits per heavy atom. The molecule has 1 aliphatic heterocycles. The van der Waals surface area contributed by atoms with Crippen LogP contribution in [0.4, 0.5) is 0 Å². The van der Waals surface area contributed by atoms with Gasteiger partial charge in [0.05, 0.1) is 5.56 Å². The van der Waals surface area contributed by atoms with Crippen molar-refractivity contribution in [2.24, 2.45) is 5.92 Å². The number of carboxylic acid groups (broad SMARTS) is 1. The summed E-state index contributed by atoms with van der Waals surface area (Å²) >= 11 is 0. The van der Waals surface area contributed by atoms with Gasteiger partial charge in [-0.05, 0) is 36.8 Å². The van der Waals surface area contributed by atoms with Crippen LogP contribution in [0.25, 0.3) is 0 Å². The van der Waals surface area contributed by atoms with Crippen LogP contribution in [0.2, 0.25) is 0 Å². The fourth-order valence-electron chi connectivity index (χ4n) is 2.97. The number of nitrogens with zero attached hydrogens (tertiary/aromatic N) is 1. The number of amides is 1. The molecule has 1 fully saturated rings. The molecule has 0 aliphatic carbocycles. The van der Waals surface area contributed by atoms with Crippen LogP contribution >= 0.6 is 0 Å². The maximum Gasteiger partial charge on any atom is 0.335 e. The third kappa shape index (κ3) is 4.06. The number of carboxylic acids is 1. The number of aromatic carboxylic acids is 1. The van der Waals surface area contributed by atoms with E-state index in [9.17, 15) is 9.59 Å². The van der Waals surface area contributed by atoms with Gasteiger partial charge in [0.1, 0.15) is 0 Å². The number of aryl methyl sites for hydroxylation is 1. The summed E-state index contributed by atoms with van der Waals surface area (Å²) in [7, 11) is 0. The molecule has 2 rings (SSSR count). The third-order valence-corrected chi connectivity index (χ3v) is 4.31. The summed E-state index contributed by atoms with van der Waals surface area (Å²) in [4.78, 5) is 25.4. The van der Waals surface area contributed by atoms with Gasteiger partial charge < -0.3 is 10.0 Å².